The third-order valence-electron chi connectivity index (χ3n) is 4.29. The van der Waals surface area contributed by atoms with Crippen LogP contribution in [0.15, 0.2) is 72.8 Å². The third-order valence-corrected chi connectivity index (χ3v) is 4.54. The van der Waals surface area contributed by atoms with E-state index in [0.29, 0.717) is 16.5 Å². The third kappa shape index (κ3) is 3.80. The number of nitrogens with one attached hydrogen (secondary N) is 2. The highest BCUT2D eigenvalue weighted by Gasteiger charge is 2.11. The van der Waals surface area contributed by atoms with E-state index in [4.69, 9.17) is 11.6 Å². The molecule has 2 N–H and O–H groups in total. The molecule has 4 rings (SSSR count). The fourth-order valence-corrected chi connectivity index (χ4v) is 3.06. The number of aromatic nitrogens is 2. The molecule has 0 radical (unpaired) electrons. The van der Waals surface area contributed by atoms with Gasteiger partial charge < -0.3 is 0 Å². The van der Waals surface area contributed by atoms with Gasteiger partial charge in [0.2, 0.25) is 5.95 Å². The maximum absolute atomic E-state index is 12.4. The molecular formula is C22H17ClN4O. The van der Waals surface area contributed by atoms with E-state index >= 15 is 0 Å². The average molecular weight is 389 g/mol. The Kier molecular flexibility index (Phi) is 4.91. The average Bonchev–Trinajstić information content (AvgIpc) is 2.72. The summed E-state index contributed by atoms with van der Waals surface area (Å²) in [6, 6.07) is 22.5. The zero-order chi connectivity index (χ0) is 19.5. The molecule has 0 fully saturated rings. The quantitative estimate of drug-likeness (QED) is 0.482. The van der Waals surface area contributed by atoms with Crippen LogP contribution in [0, 0.1) is 6.92 Å². The summed E-state index contributed by atoms with van der Waals surface area (Å²) in [6.45, 7) is 1.94. The Morgan fingerprint density at radius 3 is 2.50 bits per heavy atom. The molecule has 1 amide bonds. The van der Waals surface area contributed by atoms with Crippen molar-refractivity contribution in [2.45, 2.75) is 6.92 Å². The molecule has 0 spiro atoms. The summed E-state index contributed by atoms with van der Waals surface area (Å²) >= 11 is 6.01. The largest absolute Gasteiger partial charge is 0.269 e. The molecule has 0 atom stereocenters. The molecule has 1 aromatic heterocycles. The van der Waals surface area contributed by atoms with Gasteiger partial charge in [0.1, 0.15) is 0 Å². The second-order valence-electron chi connectivity index (χ2n) is 6.37. The fraction of sp³-hybridized carbons (Fsp3) is 0.0455. The number of aryl methyl sites for hydroxylation is 1. The van der Waals surface area contributed by atoms with Crippen molar-refractivity contribution in [3.05, 3.63) is 88.9 Å². The van der Waals surface area contributed by atoms with Gasteiger partial charge in [0, 0.05) is 21.5 Å². The smallest absolute Gasteiger partial charge is 0.267 e. The van der Waals surface area contributed by atoms with Crippen LogP contribution in [0.1, 0.15) is 15.9 Å². The molecule has 138 valence electrons. The van der Waals surface area contributed by atoms with Crippen LogP contribution in [0.2, 0.25) is 5.02 Å². The second-order valence-corrected chi connectivity index (χ2v) is 6.80. The first-order valence-electron chi connectivity index (χ1n) is 8.76. The normalized spacial score (nSPS) is 10.6. The van der Waals surface area contributed by atoms with Crippen LogP contribution in [0.25, 0.3) is 22.2 Å². The van der Waals surface area contributed by atoms with Crippen LogP contribution >= 0.6 is 11.6 Å². The number of halogens is 1. The molecule has 5 nitrogen and oxygen atoms in total. The Hall–Kier alpha value is -3.44. The Morgan fingerprint density at radius 2 is 1.71 bits per heavy atom. The van der Waals surface area contributed by atoms with Crippen molar-refractivity contribution < 1.29 is 4.79 Å². The number of fused-ring (bicyclic) bond motifs is 1. The van der Waals surface area contributed by atoms with Gasteiger partial charge in [-0.05, 0) is 37.3 Å². The van der Waals surface area contributed by atoms with Gasteiger partial charge in [-0.2, -0.15) is 0 Å². The molecule has 0 aliphatic heterocycles. The van der Waals surface area contributed by atoms with Crippen molar-refractivity contribution in [3.8, 4) is 11.3 Å². The molecule has 0 aliphatic carbocycles. The van der Waals surface area contributed by atoms with E-state index in [1.807, 2.05) is 73.7 Å². The first kappa shape index (κ1) is 17.9. The van der Waals surface area contributed by atoms with Crippen molar-refractivity contribution in [3.63, 3.8) is 0 Å². The highest BCUT2D eigenvalue weighted by atomic mass is 35.5. The number of rotatable bonds is 4. The van der Waals surface area contributed by atoms with Gasteiger partial charge in [-0.1, -0.05) is 59.6 Å². The van der Waals surface area contributed by atoms with E-state index in [1.165, 1.54) is 0 Å². The van der Waals surface area contributed by atoms with E-state index in [9.17, 15) is 4.79 Å². The number of hydrogen-bond acceptors (Lipinski definition) is 4. The van der Waals surface area contributed by atoms with Crippen LogP contribution in [0.4, 0.5) is 5.95 Å². The predicted molar refractivity (Wildman–Crippen MR) is 112 cm³/mol. The first-order valence-corrected chi connectivity index (χ1v) is 9.14. The number of para-hydroxylation sites is 1. The summed E-state index contributed by atoms with van der Waals surface area (Å²) in [4.78, 5) is 21.5. The molecule has 0 aliphatic rings. The Balaban J connectivity index is 1.66. The fourth-order valence-electron chi connectivity index (χ4n) is 2.93. The summed E-state index contributed by atoms with van der Waals surface area (Å²) in [6.07, 6.45) is 0. The van der Waals surface area contributed by atoms with E-state index in [1.54, 1.807) is 6.07 Å². The minimum absolute atomic E-state index is 0.256. The standard InChI is InChI=1S/C22H17ClN4O/c1-14-5-4-6-16(13-14)21(28)26-27-22-24-19-8-3-2-7-18(19)20(25-22)15-9-11-17(23)12-10-15/h2-13H,1H3,(H,26,28)(H,24,25,27). The predicted octanol–water partition coefficient (Wildman–Crippen LogP) is 5.02. The summed E-state index contributed by atoms with van der Waals surface area (Å²) in [7, 11) is 0. The van der Waals surface area contributed by atoms with Crippen LogP contribution in [-0.4, -0.2) is 15.9 Å². The number of hydrazine groups is 1. The van der Waals surface area contributed by atoms with Crippen molar-refractivity contribution in [1.82, 2.24) is 15.4 Å². The topological polar surface area (TPSA) is 66.9 Å². The minimum atomic E-state index is -0.256. The van der Waals surface area contributed by atoms with Crippen LogP contribution in [-0.2, 0) is 0 Å². The summed E-state index contributed by atoms with van der Waals surface area (Å²) in [5.41, 5.74) is 9.51. The number of amides is 1. The maximum atomic E-state index is 12.4. The van der Waals surface area contributed by atoms with Gasteiger partial charge >= 0.3 is 0 Å². The van der Waals surface area contributed by atoms with Crippen molar-refractivity contribution in [2.24, 2.45) is 0 Å². The van der Waals surface area contributed by atoms with Crippen LogP contribution in [0.5, 0.6) is 0 Å². The Morgan fingerprint density at radius 1 is 0.929 bits per heavy atom. The Labute approximate surface area is 167 Å². The number of nitrogens with zero attached hydrogens (tertiary/aromatic N) is 2. The lowest BCUT2D eigenvalue weighted by Gasteiger charge is -2.11. The molecular weight excluding hydrogens is 372 g/mol. The molecule has 28 heavy (non-hydrogen) atoms. The number of carbonyl (C=O) groups excluding carboxylic acids is 1. The summed E-state index contributed by atoms with van der Waals surface area (Å²) in [5.74, 6) is 0.0538. The van der Waals surface area contributed by atoms with Crippen molar-refractivity contribution >= 4 is 34.4 Å². The minimum Gasteiger partial charge on any atom is -0.267 e. The van der Waals surface area contributed by atoms with Gasteiger partial charge in [0.25, 0.3) is 5.91 Å². The maximum Gasteiger partial charge on any atom is 0.269 e. The van der Waals surface area contributed by atoms with Gasteiger partial charge in [0.15, 0.2) is 0 Å². The van der Waals surface area contributed by atoms with E-state index in [2.05, 4.69) is 20.8 Å². The van der Waals surface area contributed by atoms with Crippen molar-refractivity contribution in [1.29, 1.82) is 0 Å². The molecule has 3 aromatic carbocycles. The van der Waals surface area contributed by atoms with E-state index in [-0.39, 0.29) is 5.91 Å². The molecule has 0 bridgehead atoms. The molecule has 6 heteroatoms. The molecule has 1 heterocycles. The zero-order valence-electron chi connectivity index (χ0n) is 15.1. The molecule has 0 unspecified atom stereocenters. The number of anilines is 1. The first-order chi connectivity index (χ1) is 13.6. The lowest BCUT2D eigenvalue weighted by atomic mass is 10.1. The molecule has 0 saturated carbocycles. The SMILES string of the molecule is Cc1cccc(C(=O)NNc2nc(-c3ccc(Cl)cc3)c3ccccc3n2)c1. The lowest BCUT2D eigenvalue weighted by molar-refractivity contribution is 0.0962. The highest BCUT2D eigenvalue weighted by Crippen LogP contribution is 2.28. The molecule has 0 saturated heterocycles. The monoisotopic (exact) mass is 388 g/mol. The van der Waals surface area contributed by atoms with Gasteiger partial charge in [0.05, 0.1) is 11.2 Å². The van der Waals surface area contributed by atoms with Crippen LogP contribution < -0.4 is 10.9 Å². The summed E-state index contributed by atoms with van der Waals surface area (Å²) in [5, 5.41) is 1.58. The van der Waals surface area contributed by atoms with E-state index in [0.717, 1.165) is 27.7 Å². The Bertz CT molecular complexity index is 1160. The van der Waals surface area contributed by atoms with Gasteiger partial charge in [-0.15, -0.1) is 0 Å². The number of carbonyl (C=O) groups is 1. The number of benzene rings is 3. The van der Waals surface area contributed by atoms with Crippen molar-refractivity contribution in [2.75, 3.05) is 5.43 Å². The zero-order valence-corrected chi connectivity index (χ0v) is 15.9. The lowest BCUT2D eigenvalue weighted by Crippen LogP contribution is -2.30. The van der Waals surface area contributed by atoms with Gasteiger partial charge in [-0.25, -0.2) is 9.97 Å². The molecule has 4 aromatic rings. The van der Waals surface area contributed by atoms with E-state index < -0.39 is 0 Å². The summed E-state index contributed by atoms with van der Waals surface area (Å²) < 4.78 is 0. The second kappa shape index (κ2) is 7.66. The van der Waals surface area contributed by atoms with Crippen LogP contribution in [0.3, 0.4) is 0 Å². The highest BCUT2D eigenvalue weighted by molar-refractivity contribution is 6.30. The number of hydrogen-bond donors (Lipinski definition) is 2. The van der Waals surface area contributed by atoms with Gasteiger partial charge in [-0.3, -0.25) is 15.6 Å².